The van der Waals surface area contributed by atoms with E-state index in [2.05, 4.69) is 29.9 Å². The van der Waals surface area contributed by atoms with Crippen molar-refractivity contribution in [1.82, 2.24) is 30.0 Å². The van der Waals surface area contributed by atoms with Gasteiger partial charge in [-0.15, -0.1) is 0 Å². The van der Waals surface area contributed by atoms with Crippen molar-refractivity contribution < 1.29 is 27.5 Å². The van der Waals surface area contributed by atoms with Crippen molar-refractivity contribution in [3.63, 3.8) is 0 Å². The lowest BCUT2D eigenvalue weighted by Crippen LogP contribution is -2.43. The van der Waals surface area contributed by atoms with E-state index in [1.807, 2.05) is 0 Å². The molecule has 0 aliphatic carbocycles. The maximum atomic E-state index is 17.1. The monoisotopic (exact) mass is 685 g/mol. The predicted molar refractivity (Wildman–Crippen MR) is 180 cm³/mol. The van der Waals surface area contributed by atoms with Crippen LogP contribution in [0.25, 0.3) is 32.9 Å². The molecule has 8 heterocycles. The molecule has 10 nitrogen and oxygen atoms in total. The zero-order valence-electron chi connectivity index (χ0n) is 27.7. The molecule has 1 N–H and O–H groups in total. The van der Waals surface area contributed by atoms with Crippen molar-refractivity contribution in [2.45, 2.75) is 75.9 Å². The number of phenolic OH excluding ortho intramolecular Hbond substituents is 1. The van der Waals surface area contributed by atoms with Gasteiger partial charge in [0.1, 0.15) is 41.4 Å². The van der Waals surface area contributed by atoms with Gasteiger partial charge in [-0.2, -0.15) is 15.0 Å². The van der Waals surface area contributed by atoms with Gasteiger partial charge in [-0.25, -0.2) is 13.2 Å². The van der Waals surface area contributed by atoms with E-state index in [-0.39, 0.29) is 41.1 Å². The van der Waals surface area contributed by atoms with E-state index >= 15 is 8.78 Å². The van der Waals surface area contributed by atoms with Gasteiger partial charge in [0.05, 0.1) is 10.9 Å². The minimum atomic E-state index is -0.921. The Labute approximate surface area is 286 Å². The molecule has 3 aromatic heterocycles. The van der Waals surface area contributed by atoms with Crippen molar-refractivity contribution >= 4 is 27.5 Å². The van der Waals surface area contributed by atoms with Gasteiger partial charge in [0, 0.05) is 50.7 Å². The molecule has 0 spiro atoms. The SMILES string of the molecule is Oc1cc2c3c(c(F)ccc3c1)CCCCc1nc(no1)CC1CCCN(C1)c1nc(OCC34CCCN3CC(F)C4)nc3c(F)c-2ncc13. The van der Waals surface area contributed by atoms with Crippen LogP contribution in [0, 0.1) is 17.6 Å². The summed E-state index contributed by atoms with van der Waals surface area (Å²) in [5.41, 5.74) is 0.213. The molecular formula is C37H38F3N7O3. The molecular weight excluding hydrogens is 647 g/mol. The number of aromatic nitrogens is 5. The lowest BCUT2D eigenvalue weighted by atomic mass is 9.93. The van der Waals surface area contributed by atoms with E-state index in [1.54, 1.807) is 18.3 Å². The van der Waals surface area contributed by atoms with E-state index < -0.39 is 23.3 Å². The summed E-state index contributed by atoms with van der Waals surface area (Å²) in [6.45, 7) is 2.70. The van der Waals surface area contributed by atoms with Crippen LogP contribution >= 0.6 is 0 Å². The molecule has 8 bridgehead atoms. The minimum Gasteiger partial charge on any atom is -0.508 e. The first-order valence-electron chi connectivity index (χ1n) is 17.7. The summed E-state index contributed by atoms with van der Waals surface area (Å²) in [5.74, 6) is 0.681. The zero-order chi connectivity index (χ0) is 34.0. The Kier molecular flexibility index (Phi) is 7.78. The molecule has 13 heteroatoms. The molecule has 3 unspecified atom stereocenters. The first-order valence-corrected chi connectivity index (χ1v) is 17.7. The number of hydrogen-bond donors (Lipinski definition) is 1. The molecule has 5 aliphatic rings. The largest absolute Gasteiger partial charge is 0.508 e. The van der Waals surface area contributed by atoms with Crippen LogP contribution in [0.3, 0.4) is 0 Å². The summed E-state index contributed by atoms with van der Waals surface area (Å²) in [5, 5.41) is 16.5. The highest BCUT2D eigenvalue weighted by Crippen LogP contribution is 2.42. The first-order chi connectivity index (χ1) is 24.3. The maximum Gasteiger partial charge on any atom is 0.319 e. The second kappa shape index (κ2) is 12.4. The quantitative estimate of drug-likeness (QED) is 0.226. The fourth-order valence-corrected chi connectivity index (χ4v) is 8.83. The van der Waals surface area contributed by atoms with Gasteiger partial charge in [-0.1, -0.05) is 11.2 Å². The molecule has 5 aliphatic heterocycles. The lowest BCUT2D eigenvalue weighted by molar-refractivity contribution is 0.107. The molecule has 0 radical (unpaired) electrons. The van der Waals surface area contributed by atoms with E-state index in [4.69, 9.17) is 14.2 Å². The Morgan fingerprint density at radius 1 is 1.02 bits per heavy atom. The molecule has 2 aromatic carbocycles. The number of hydrogen-bond acceptors (Lipinski definition) is 10. The Hall–Kier alpha value is -4.52. The highest BCUT2D eigenvalue weighted by atomic mass is 19.1. The average Bonchev–Trinajstić information content (AvgIpc) is 3.80. The number of nitrogens with zero attached hydrogens (tertiary/aromatic N) is 7. The second-order valence-electron chi connectivity index (χ2n) is 14.5. The van der Waals surface area contributed by atoms with Crippen LogP contribution in [0.2, 0.25) is 0 Å². The number of anilines is 1. The fraction of sp³-hybridized carbons (Fsp3) is 0.486. The summed E-state index contributed by atoms with van der Waals surface area (Å²) in [6.07, 6.45) is 7.50. The minimum absolute atomic E-state index is 0.00964. The van der Waals surface area contributed by atoms with Crippen molar-refractivity contribution in [3.05, 3.63) is 59.4 Å². The predicted octanol–water partition coefficient (Wildman–Crippen LogP) is 6.50. The highest BCUT2D eigenvalue weighted by molar-refractivity contribution is 6.01. The van der Waals surface area contributed by atoms with Crippen molar-refractivity contribution in [2.75, 3.05) is 37.7 Å². The van der Waals surface area contributed by atoms with Gasteiger partial charge < -0.3 is 19.3 Å². The van der Waals surface area contributed by atoms with Crippen molar-refractivity contribution in [1.29, 1.82) is 0 Å². The number of alkyl halides is 1. The number of ether oxygens (including phenoxy) is 1. The molecule has 5 aromatic rings. The Morgan fingerprint density at radius 3 is 2.84 bits per heavy atom. The Balaban J connectivity index is 1.21. The van der Waals surface area contributed by atoms with Crippen LogP contribution in [0.4, 0.5) is 19.0 Å². The van der Waals surface area contributed by atoms with Gasteiger partial charge in [-0.05, 0) is 91.9 Å². The number of aromatic hydroxyl groups is 1. The standard InChI is InChI=1S/C37H38F3N7O3/c38-23-16-37(10-4-12-47(37)19-23)20-49-36-43-34-27-17-41-33(32(34)40)26-15-24(48)14-22-8-9-28(39)25(31(22)26)6-1-2-7-30-42-29(45-50-30)13-21-5-3-11-46(18-21)35(27)44-36/h8-9,14-15,17,21,23,48H,1-7,10-13,16,18-20H2. The third kappa shape index (κ3) is 5.50. The zero-order valence-corrected chi connectivity index (χ0v) is 27.7. The van der Waals surface area contributed by atoms with E-state index in [0.717, 1.165) is 32.2 Å². The highest BCUT2D eigenvalue weighted by Gasteiger charge is 2.49. The van der Waals surface area contributed by atoms with Crippen LogP contribution < -0.4 is 9.64 Å². The van der Waals surface area contributed by atoms with Crippen LogP contribution in [0.1, 0.15) is 62.2 Å². The summed E-state index contributed by atoms with van der Waals surface area (Å²) < 4.78 is 59.2. The molecule has 0 amide bonds. The Bertz CT molecular complexity index is 2110. The number of rotatable bonds is 3. The number of aryl methyl sites for hydroxylation is 2. The summed E-state index contributed by atoms with van der Waals surface area (Å²) in [4.78, 5) is 23.1. The number of pyridine rings is 1. The summed E-state index contributed by atoms with van der Waals surface area (Å²) in [6, 6.07) is 5.95. The number of phenols is 1. The number of fused-ring (bicyclic) bond motifs is 5. The molecule has 50 heavy (non-hydrogen) atoms. The van der Waals surface area contributed by atoms with Crippen LogP contribution in [-0.2, 0) is 19.3 Å². The summed E-state index contributed by atoms with van der Waals surface area (Å²) >= 11 is 0. The number of halogens is 3. The van der Waals surface area contributed by atoms with Gasteiger partial charge in [-0.3, -0.25) is 9.88 Å². The first kappa shape index (κ1) is 31.5. The molecule has 10 rings (SSSR count). The number of piperidine rings is 1. The topological polar surface area (TPSA) is 114 Å². The molecule has 3 fully saturated rings. The molecule has 0 saturated carbocycles. The van der Waals surface area contributed by atoms with Gasteiger partial charge in [0.2, 0.25) is 5.89 Å². The fourth-order valence-electron chi connectivity index (χ4n) is 8.83. The maximum absolute atomic E-state index is 17.1. The second-order valence-corrected chi connectivity index (χ2v) is 14.5. The van der Waals surface area contributed by atoms with Crippen LogP contribution in [0.5, 0.6) is 11.8 Å². The van der Waals surface area contributed by atoms with Gasteiger partial charge >= 0.3 is 6.01 Å². The van der Waals surface area contributed by atoms with Gasteiger partial charge in [0.25, 0.3) is 0 Å². The number of benzene rings is 2. The van der Waals surface area contributed by atoms with E-state index in [0.29, 0.717) is 97.4 Å². The van der Waals surface area contributed by atoms with Crippen molar-refractivity contribution in [2.24, 2.45) is 5.92 Å². The van der Waals surface area contributed by atoms with Crippen LogP contribution in [0.15, 0.2) is 35.0 Å². The molecule has 3 atom stereocenters. The smallest absolute Gasteiger partial charge is 0.319 e. The summed E-state index contributed by atoms with van der Waals surface area (Å²) in [7, 11) is 0. The Morgan fingerprint density at radius 2 is 1.92 bits per heavy atom. The average molecular weight is 686 g/mol. The normalized spacial score (nSPS) is 24.1. The third-order valence-corrected chi connectivity index (χ3v) is 11.1. The lowest BCUT2D eigenvalue weighted by Gasteiger charge is -2.34. The van der Waals surface area contributed by atoms with Crippen molar-refractivity contribution in [3.8, 4) is 23.0 Å². The van der Waals surface area contributed by atoms with E-state index in [9.17, 15) is 9.50 Å². The third-order valence-electron chi connectivity index (χ3n) is 11.1. The van der Waals surface area contributed by atoms with Gasteiger partial charge in [0.15, 0.2) is 11.6 Å². The molecule has 260 valence electrons. The van der Waals surface area contributed by atoms with E-state index in [1.165, 1.54) is 12.1 Å². The molecule has 3 saturated heterocycles. The van der Waals surface area contributed by atoms with Crippen LogP contribution in [-0.4, -0.2) is 79.6 Å².